The average molecular weight is 169 g/mol. The van der Waals surface area contributed by atoms with Gasteiger partial charge < -0.3 is 5.73 Å². The van der Waals surface area contributed by atoms with Crippen LogP contribution in [0.3, 0.4) is 0 Å². The van der Waals surface area contributed by atoms with Crippen LogP contribution in [0.15, 0.2) is 30.3 Å². The van der Waals surface area contributed by atoms with E-state index in [0.29, 0.717) is 4.99 Å². The first-order valence-corrected chi connectivity index (χ1v) is 3.40. The van der Waals surface area contributed by atoms with Gasteiger partial charge in [0.15, 0.2) is 0 Å². The van der Waals surface area contributed by atoms with Crippen LogP contribution < -0.4 is 17.4 Å². The zero-order chi connectivity index (χ0) is 8.69. The molecular weight excluding hydrogens is 158 g/mol. The maximum absolute atomic E-state index is 5.35. The fourth-order valence-corrected chi connectivity index (χ4v) is 0.739. The third-order valence-corrected chi connectivity index (χ3v) is 1.29. The average Bonchev–Trinajstić information content (AvgIpc) is 2.10. The van der Waals surface area contributed by atoms with Crippen molar-refractivity contribution >= 4 is 17.2 Å². The highest BCUT2D eigenvalue weighted by atomic mass is 32.1. The van der Waals surface area contributed by atoms with Crippen molar-refractivity contribution in [1.82, 2.24) is 0 Å². The Balaban J connectivity index is 0.000000461. The van der Waals surface area contributed by atoms with Crippen LogP contribution in [-0.2, 0) is 0 Å². The molecule has 0 spiro atoms. The summed E-state index contributed by atoms with van der Waals surface area (Å²) in [7, 11) is 0. The maximum atomic E-state index is 5.35. The SMILES string of the molecule is NC(=S)c1ccccc1.NN. The van der Waals surface area contributed by atoms with Crippen LogP contribution in [0.5, 0.6) is 0 Å². The lowest BCUT2D eigenvalue weighted by molar-refractivity contribution is 1.26. The zero-order valence-corrected chi connectivity index (χ0v) is 6.84. The van der Waals surface area contributed by atoms with Crippen molar-refractivity contribution in [3.8, 4) is 0 Å². The number of benzene rings is 1. The van der Waals surface area contributed by atoms with Gasteiger partial charge in [0.1, 0.15) is 4.99 Å². The van der Waals surface area contributed by atoms with Gasteiger partial charge in [0.25, 0.3) is 0 Å². The molecule has 6 N–H and O–H groups in total. The predicted octanol–water partition coefficient (Wildman–Crippen LogP) is 0.140. The molecule has 60 valence electrons. The summed E-state index contributed by atoms with van der Waals surface area (Å²) in [5.41, 5.74) is 6.27. The maximum Gasteiger partial charge on any atom is 0.103 e. The van der Waals surface area contributed by atoms with Crippen molar-refractivity contribution in [3.63, 3.8) is 0 Å². The fraction of sp³-hybridized carbons (Fsp3) is 0. The topological polar surface area (TPSA) is 78.1 Å². The van der Waals surface area contributed by atoms with Crippen LogP contribution >= 0.6 is 12.2 Å². The number of hydrogen-bond donors (Lipinski definition) is 3. The van der Waals surface area contributed by atoms with Gasteiger partial charge in [-0.3, -0.25) is 11.7 Å². The van der Waals surface area contributed by atoms with E-state index in [0.717, 1.165) is 5.56 Å². The van der Waals surface area contributed by atoms with Gasteiger partial charge in [-0.1, -0.05) is 42.5 Å². The van der Waals surface area contributed by atoms with Crippen molar-refractivity contribution in [2.24, 2.45) is 17.4 Å². The van der Waals surface area contributed by atoms with Gasteiger partial charge in [-0.25, -0.2) is 0 Å². The molecule has 3 nitrogen and oxygen atoms in total. The van der Waals surface area contributed by atoms with Gasteiger partial charge in [-0.15, -0.1) is 0 Å². The summed E-state index contributed by atoms with van der Waals surface area (Å²) in [5.74, 6) is 8.00. The second kappa shape index (κ2) is 5.79. The first kappa shape index (κ1) is 10.0. The highest BCUT2D eigenvalue weighted by molar-refractivity contribution is 7.80. The third kappa shape index (κ3) is 3.67. The van der Waals surface area contributed by atoms with Gasteiger partial charge in [-0.2, -0.15) is 0 Å². The number of rotatable bonds is 1. The summed E-state index contributed by atoms with van der Waals surface area (Å²) in [4.78, 5) is 0.454. The van der Waals surface area contributed by atoms with Gasteiger partial charge in [0, 0.05) is 5.56 Å². The smallest absolute Gasteiger partial charge is 0.103 e. The van der Waals surface area contributed by atoms with Gasteiger partial charge >= 0.3 is 0 Å². The first-order chi connectivity index (χ1) is 5.30. The lowest BCUT2D eigenvalue weighted by atomic mass is 10.2. The molecule has 0 atom stereocenters. The second-order valence-corrected chi connectivity index (χ2v) is 2.17. The highest BCUT2D eigenvalue weighted by Crippen LogP contribution is 1.96. The highest BCUT2D eigenvalue weighted by Gasteiger charge is 1.89. The number of hydrogen-bond acceptors (Lipinski definition) is 3. The Bertz CT molecular complexity index is 210. The van der Waals surface area contributed by atoms with Crippen molar-refractivity contribution < 1.29 is 0 Å². The monoisotopic (exact) mass is 169 g/mol. The second-order valence-electron chi connectivity index (χ2n) is 1.73. The largest absolute Gasteiger partial charge is 0.389 e. The van der Waals surface area contributed by atoms with Gasteiger partial charge in [-0.05, 0) is 0 Å². The molecule has 1 aromatic carbocycles. The lowest BCUT2D eigenvalue weighted by Gasteiger charge is -1.92. The van der Waals surface area contributed by atoms with Crippen molar-refractivity contribution in [1.29, 1.82) is 0 Å². The third-order valence-electron chi connectivity index (χ3n) is 1.06. The Hall–Kier alpha value is -0.970. The van der Waals surface area contributed by atoms with E-state index in [1.165, 1.54) is 0 Å². The molecule has 0 bridgehead atoms. The molecule has 0 saturated heterocycles. The van der Waals surface area contributed by atoms with E-state index in [1.54, 1.807) is 0 Å². The Labute approximate surface area is 71.2 Å². The van der Waals surface area contributed by atoms with E-state index in [4.69, 9.17) is 18.0 Å². The minimum absolute atomic E-state index is 0.454. The minimum Gasteiger partial charge on any atom is -0.389 e. The zero-order valence-electron chi connectivity index (χ0n) is 6.03. The van der Waals surface area contributed by atoms with Crippen molar-refractivity contribution in [2.45, 2.75) is 0 Å². The van der Waals surface area contributed by atoms with E-state index in [2.05, 4.69) is 11.7 Å². The summed E-state index contributed by atoms with van der Waals surface area (Å²) in [6, 6.07) is 9.54. The molecule has 0 saturated carbocycles. The van der Waals surface area contributed by atoms with Crippen LogP contribution in [0.25, 0.3) is 0 Å². The van der Waals surface area contributed by atoms with E-state index < -0.39 is 0 Å². The van der Waals surface area contributed by atoms with Crippen LogP contribution in [0.1, 0.15) is 5.56 Å². The molecule has 0 fully saturated rings. The summed E-state index contributed by atoms with van der Waals surface area (Å²) in [5, 5.41) is 0. The molecule has 0 unspecified atom stereocenters. The van der Waals surface area contributed by atoms with Crippen LogP contribution in [0.4, 0.5) is 0 Å². The van der Waals surface area contributed by atoms with Gasteiger partial charge in [0.2, 0.25) is 0 Å². The van der Waals surface area contributed by atoms with Crippen molar-refractivity contribution in [3.05, 3.63) is 35.9 Å². The van der Waals surface area contributed by atoms with E-state index >= 15 is 0 Å². The minimum atomic E-state index is 0.454. The molecule has 4 heteroatoms. The number of hydrazine groups is 1. The van der Waals surface area contributed by atoms with Gasteiger partial charge in [0.05, 0.1) is 0 Å². The van der Waals surface area contributed by atoms with E-state index in [9.17, 15) is 0 Å². The summed E-state index contributed by atoms with van der Waals surface area (Å²) < 4.78 is 0. The van der Waals surface area contributed by atoms with Crippen LogP contribution in [-0.4, -0.2) is 4.99 Å². The standard InChI is InChI=1S/C7H7NS.H4N2/c8-7(9)6-4-2-1-3-5-6;1-2/h1-5H,(H2,8,9);1-2H2. The Morgan fingerprint density at radius 3 is 1.82 bits per heavy atom. The quantitative estimate of drug-likeness (QED) is 0.317. The van der Waals surface area contributed by atoms with E-state index in [1.807, 2.05) is 30.3 Å². The molecule has 1 aromatic rings. The number of thiocarbonyl (C=S) groups is 1. The molecule has 0 radical (unpaired) electrons. The number of nitrogens with two attached hydrogens (primary N) is 3. The van der Waals surface area contributed by atoms with Crippen LogP contribution in [0, 0.1) is 0 Å². The lowest BCUT2D eigenvalue weighted by Crippen LogP contribution is -2.08. The molecule has 11 heavy (non-hydrogen) atoms. The summed E-state index contributed by atoms with van der Waals surface area (Å²) >= 11 is 4.74. The summed E-state index contributed by atoms with van der Waals surface area (Å²) in [6.45, 7) is 0. The van der Waals surface area contributed by atoms with E-state index in [-0.39, 0.29) is 0 Å². The molecule has 0 aliphatic carbocycles. The van der Waals surface area contributed by atoms with Crippen LogP contribution in [0.2, 0.25) is 0 Å². The first-order valence-electron chi connectivity index (χ1n) is 2.99. The normalized spacial score (nSPS) is 7.82. The molecule has 0 amide bonds. The molecule has 0 aliphatic heterocycles. The molecular formula is C7H11N3S. The molecule has 0 heterocycles. The summed E-state index contributed by atoms with van der Waals surface area (Å²) in [6.07, 6.45) is 0. The predicted molar refractivity (Wildman–Crippen MR) is 50.7 cm³/mol. The molecule has 1 rings (SSSR count). The Morgan fingerprint density at radius 1 is 1.09 bits per heavy atom. The van der Waals surface area contributed by atoms with Crippen molar-refractivity contribution in [2.75, 3.05) is 0 Å². The Morgan fingerprint density at radius 2 is 1.55 bits per heavy atom. The Kier molecular flexibility index (Phi) is 5.28. The fourth-order valence-electron chi connectivity index (χ4n) is 0.602. The molecule has 0 aliphatic rings. The molecule has 0 aromatic heterocycles.